The molecule has 3 aromatic heterocycles. The third-order valence-electron chi connectivity index (χ3n) is 5.10. The van der Waals surface area contributed by atoms with E-state index < -0.39 is 4.92 Å². The fourth-order valence-corrected chi connectivity index (χ4v) is 5.51. The number of nitrogens with zero attached hydrogens (tertiary/aromatic N) is 4. The van der Waals surface area contributed by atoms with Gasteiger partial charge in [0.05, 0.1) is 38.9 Å². The van der Waals surface area contributed by atoms with E-state index in [2.05, 4.69) is 4.98 Å². The van der Waals surface area contributed by atoms with Crippen LogP contribution in [-0.2, 0) is 6.54 Å². The standard InChI is InChI=1S/C24H18N4O4S2/c1-2-32-18-7-8-19-21(13-18)34-24(26-19)27(14-16-5-3-4-10-25-16)23(29)22-12-15-11-17(28(30)31)6-9-20(15)33-22/h3-13H,2,14H2,1H3. The molecule has 0 unspecified atom stereocenters. The summed E-state index contributed by atoms with van der Waals surface area (Å²) in [6, 6.07) is 17.5. The molecule has 0 bridgehead atoms. The van der Waals surface area contributed by atoms with Gasteiger partial charge in [-0.15, -0.1) is 11.3 Å². The molecule has 5 aromatic rings. The number of aromatic nitrogens is 2. The number of non-ortho nitro benzene ring substituents is 1. The molecule has 170 valence electrons. The Morgan fingerprint density at radius 3 is 2.74 bits per heavy atom. The van der Waals surface area contributed by atoms with Gasteiger partial charge in [0.15, 0.2) is 5.13 Å². The number of nitro groups is 1. The van der Waals surface area contributed by atoms with E-state index in [0.717, 1.165) is 26.4 Å². The van der Waals surface area contributed by atoms with Gasteiger partial charge in [-0.1, -0.05) is 17.4 Å². The molecule has 2 aromatic carbocycles. The first-order valence-corrected chi connectivity index (χ1v) is 12.1. The van der Waals surface area contributed by atoms with Gasteiger partial charge < -0.3 is 4.74 Å². The molecule has 0 spiro atoms. The molecule has 34 heavy (non-hydrogen) atoms. The fraction of sp³-hybridized carbons (Fsp3) is 0.125. The van der Waals surface area contributed by atoms with E-state index in [-0.39, 0.29) is 18.1 Å². The number of nitro benzene ring substituents is 1. The van der Waals surface area contributed by atoms with Crippen LogP contribution in [0.3, 0.4) is 0 Å². The molecular formula is C24H18N4O4S2. The zero-order valence-electron chi connectivity index (χ0n) is 18.0. The number of amides is 1. The molecule has 0 saturated heterocycles. The van der Waals surface area contributed by atoms with Crippen molar-refractivity contribution in [3.8, 4) is 5.75 Å². The van der Waals surface area contributed by atoms with Crippen molar-refractivity contribution in [1.82, 2.24) is 9.97 Å². The van der Waals surface area contributed by atoms with Gasteiger partial charge in [-0.3, -0.25) is 24.8 Å². The van der Waals surface area contributed by atoms with Crippen molar-refractivity contribution in [2.24, 2.45) is 0 Å². The normalized spacial score (nSPS) is 11.1. The number of hydrogen-bond donors (Lipinski definition) is 0. The number of thiophene rings is 1. The average molecular weight is 491 g/mol. The highest BCUT2D eigenvalue weighted by molar-refractivity contribution is 7.23. The number of ether oxygens (including phenoxy) is 1. The van der Waals surface area contributed by atoms with E-state index in [1.54, 1.807) is 23.2 Å². The summed E-state index contributed by atoms with van der Waals surface area (Å²) in [5.74, 6) is 0.512. The zero-order valence-corrected chi connectivity index (χ0v) is 19.6. The Morgan fingerprint density at radius 2 is 1.97 bits per heavy atom. The minimum absolute atomic E-state index is 0.00841. The quantitative estimate of drug-likeness (QED) is 0.203. The molecule has 0 fully saturated rings. The lowest BCUT2D eigenvalue weighted by Crippen LogP contribution is -2.30. The topological polar surface area (TPSA) is 98.5 Å². The molecule has 0 atom stereocenters. The minimum Gasteiger partial charge on any atom is -0.494 e. The number of hydrogen-bond acceptors (Lipinski definition) is 8. The van der Waals surface area contributed by atoms with Gasteiger partial charge in [-0.25, -0.2) is 4.98 Å². The third kappa shape index (κ3) is 4.33. The lowest BCUT2D eigenvalue weighted by Gasteiger charge is -2.18. The average Bonchev–Trinajstić information content (AvgIpc) is 3.46. The lowest BCUT2D eigenvalue weighted by molar-refractivity contribution is -0.384. The number of anilines is 1. The van der Waals surface area contributed by atoms with E-state index in [0.29, 0.717) is 22.0 Å². The maximum Gasteiger partial charge on any atom is 0.270 e. The van der Waals surface area contributed by atoms with Crippen molar-refractivity contribution in [3.63, 3.8) is 0 Å². The number of carbonyl (C=O) groups is 1. The molecule has 0 aliphatic rings. The predicted octanol–water partition coefficient (Wildman–Crippen LogP) is 6.06. The van der Waals surface area contributed by atoms with Crippen LogP contribution in [0.25, 0.3) is 20.3 Å². The summed E-state index contributed by atoms with van der Waals surface area (Å²) in [7, 11) is 0. The maximum atomic E-state index is 13.7. The maximum absolute atomic E-state index is 13.7. The predicted molar refractivity (Wildman–Crippen MR) is 134 cm³/mol. The first-order chi connectivity index (χ1) is 16.5. The molecule has 0 aliphatic carbocycles. The summed E-state index contributed by atoms with van der Waals surface area (Å²) in [5.41, 5.74) is 1.49. The molecule has 0 saturated carbocycles. The molecule has 8 nitrogen and oxygen atoms in total. The van der Waals surface area contributed by atoms with Gasteiger partial charge in [-0.05, 0) is 49.4 Å². The molecular weight excluding hydrogens is 472 g/mol. The van der Waals surface area contributed by atoms with Gasteiger partial charge >= 0.3 is 0 Å². The zero-order chi connectivity index (χ0) is 23.7. The number of carbonyl (C=O) groups excluding carboxylic acids is 1. The molecule has 0 radical (unpaired) electrons. The van der Waals surface area contributed by atoms with Crippen LogP contribution in [0.5, 0.6) is 5.75 Å². The van der Waals surface area contributed by atoms with Gasteiger partial charge in [0.25, 0.3) is 11.6 Å². The van der Waals surface area contributed by atoms with Crippen LogP contribution < -0.4 is 9.64 Å². The van der Waals surface area contributed by atoms with Crippen molar-refractivity contribution in [2.45, 2.75) is 13.5 Å². The van der Waals surface area contributed by atoms with Crippen molar-refractivity contribution in [1.29, 1.82) is 0 Å². The summed E-state index contributed by atoms with van der Waals surface area (Å²) >= 11 is 2.70. The second-order valence-corrected chi connectivity index (χ2v) is 9.45. The van der Waals surface area contributed by atoms with Crippen molar-refractivity contribution in [3.05, 3.63) is 87.5 Å². The second-order valence-electron chi connectivity index (χ2n) is 7.36. The number of thiazole rings is 1. The van der Waals surface area contributed by atoms with Crippen LogP contribution in [-0.4, -0.2) is 27.4 Å². The number of fused-ring (bicyclic) bond motifs is 2. The summed E-state index contributed by atoms with van der Waals surface area (Å²) in [6.07, 6.45) is 1.68. The van der Waals surface area contributed by atoms with E-state index in [1.807, 2.05) is 43.3 Å². The van der Waals surface area contributed by atoms with Gasteiger partial charge in [0.1, 0.15) is 5.75 Å². The first kappa shape index (κ1) is 21.9. The van der Waals surface area contributed by atoms with Crippen LogP contribution >= 0.6 is 22.7 Å². The van der Waals surface area contributed by atoms with Crippen LogP contribution in [0.15, 0.2) is 66.9 Å². The van der Waals surface area contributed by atoms with Crippen LogP contribution in [0.2, 0.25) is 0 Å². The third-order valence-corrected chi connectivity index (χ3v) is 7.25. The highest BCUT2D eigenvalue weighted by Crippen LogP contribution is 2.35. The Morgan fingerprint density at radius 1 is 1.09 bits per heavy atom. The summed E-state index contributed by atoms with van der Waals surface area (Å²) in [6.45, 7) is 2.73. The Kier molecular flexibility index (Phi) is 5.91. The minimum atomic E-state index is -0.441. The summed E-state index contributed by atoms with van der Waals surface area (Å²) in [5, 5.41) is 12.3. The van der Waals surface area contributed by atoms with Crippen molar-refractivity contribution in [2.75, 3.05) is 11.5 Å². The number of rotatable bonds is 7. The molecule has 0 aliphatic heterocycles. The molecule has 0 N–H and O–H groups in total. The van der Waals surface area contributed by atoms with Gasteiger partial charge in [0.2, 0.25) is 0 Å². The smallest absolute Gasteiger partial charge is 0.270 e. The monoisotopic (exact) mass is 490 g/mol. The van der Waals surface area contributed by atoms with Gasteiger partial charge in [-0.2, -0.15) is 0 Å². The summed E-state index contributed by atoms with van der Waals surface area (Å²) in [4.78, 5) is 35.6. The summed E-state index contributed by atoms with van der Waals surface area (Å²) < 4.78 is 7.31. The molecule has 5 rings (SSSR count). The Bertz CT molecular complexity index is 1510. The van der Waals surface area contributed by atoms with Crippen molar-refractivity contribution < 1.29 is 14.5 Å². The molecule has 1 amide bonds. The highest BCUT2D eigenvalue weighted by atomic mass is 32.1. The van der Waals surface area contributed by atoms with Crippen LogP contribution in [0.1, 0.15) is 22.3 Å². The van der Waals surface area contributed by atoms with Crippen LogP contribution in [0.4, 0.5) is 10.8 Å². The Labute approximate surface area is 202 Å². The van der Waals surface area contributed by atoms with E-state index >= 15 is 0 Å². The number of pyridine rings is 1. The largest absolute Gasteiger partial charge is 0.494 e. The van der Waals surface area contributed by atoms with Crippen molar-refractivity contribution >= 4 is 59.7 Å². The Balaban J connectivity index is 1.56. The van der Waals surface area contributed by atoms with E-state index in [1.165, 1.54) is 34.8 Å². The van der Waals surface area contributed by atoms with Gasteiger partial charge in [0, 0.05) is 28.4 Å². The Hall–Kier alpha value is -3.89. The second kappa shape index (κ2) is 9.16. The SMILES string of the molecule is CCOc1ccc2nc(N(Cc3ccccn3)C(=O)c3cc4cc([N+](=O)[O-])ccc4s3)sc2c1. The number of benzene rings is 2. The first-order valence-electron chi connectivity index (χ1n) is 10.4. The lowest BCUT2D eigenvalue weighted by atomic mass is 10.2. The van der Waals surface area contributed by atoms with E-state index in [4.69, 9.17) is 9.72 Å². The highest BCUT2D eigenvalue weighted by Gasteiger charge is 2.24. The molecule has 10 heteroatoms. The molecule has 3 heterocycles. The van der Waals surface area contributed by atoms with E-state index in [9.17, 15) is 14.9 Å². The fourth-order valence-electron chi connectivity index (χ4n) is 3.53. The van der Waals surface area contributed by atoms with Crippen LogP contribution in [0, 0.1) is 10.1 Å².